The van der Waals surface area contributed by atoms with E-state index < -0.39 is 32.5 Å². The van der Waals surface area contributed by atoms with Gasteiger partial charge in [-0.3, -0.25) is 4.72 Å². The maximum absolute atomic E-state index is 14.6. The Kier molecular flexibility index (Phi) is 5.89. The summed E-state index contributed by atoms with van der Waals surface area (Å²) in [7, 11) is -4.50. The normalized spacial score (nSPS) is 14.7. The summed E-state index contributed by atoms with van der Waals surface area (Å²) in [4.78, 5) is -0.740. The van der Waals surface area contributed by atoms with Gasteiger partial charge in [-0.05, 0) is 49.2 Å². The van der Waals surface area contributed by atoms with Gasteiger partial charge in [0, 0.05) is 18.7 Å². The summed E-state index contributed by atoms with van der Waals surface area (Å²) in [5, 5.41) is 7.80. The summed E-state index contributed by atoms with van der Waals surface area (Å²) in [5.41, 5.74) is -1.19. The minimum Gasteiger partial charge on any atom is -0.311 e. The van der Waals surface area contributed by atoms with Crippen LogP contribution in [0.15, 0.2) is 41.3 Å². The van der Waals surface area contributed by atoms with Crippen molar-refractivity contribution in [3.8, 4) is 11.4 Å². The summed E-state index contributed by atoms with van der Waals surface area (Å²) in [6.07, 6.45) is -1.22. The smallest absolute Gasteiger partial charge is 0.311 e. The van der Waals surface area contributed by atoms with Crippen molar-refractivity contribution in [3.05, 3.63) is 58.6 Å². The molecule has 4 rings (SSSR count). The van der Waals surface area contributed by atoms with E-state index in [0.29, 0.717) is 25.1 Å². The van der Waals surface area contributed by atoms with Crippen LogP contribution in [0.2, 0.25) is 5.02 Å². The number of alkyl halides is 3. The van der Waals surface area contributed by atoms with Gasteiger partial charge in [0.2, 0.25) is 0 Å². The van der Waals surface area contributed by atoms with Gasteiger partial charge in [0.15, 0.2) is 5.82 Å². The van der Waals surface area contributed by atoms with E-state index in [1.807, 2.05) is 0 Å². The van der Waals surface area contributed by atoms with Gasteiger partial charge >= 0.3 is 6.18 Å². The number of benzene rings is 2. The summed E-state index contributed by atoms with van der Waals surface area (Å²) >= 11 is 5.86. The maximum atomic E-state index is 14.6. The summed E-state index contributed by atoms with van der Waals surface area (Å²) in [6.45, 7) is 0.604. The molecule has 2 heterocycles. The van der Waals surface area contributed by atoms with E-state index in [1.165, 1.54) is 6.07 Å². The van der Waals surface area contributed by atoms with E-state index in [-0.39, 0.29) is 22.1 Å². The molecule has 1 aliphatic rings. The molecule has 1 N–H and O–H groups in total. The van der Waals surface area contributed by atoms with Crippen LogP contribution in [0.25, 0.3) is 11.4 Å². The highest BCUT2D eigenvalue weighted by Gasteiger charge is 2.33. The summed E-state index contributed by atoms with van der Waals surface area (Å²) in [5.74, 6) is 0.348. The van der Waals surface area contributed by atoms with E-state index in [4.69, 9.17) is 11.6 Å². The van der Waals surface area contributed by atoms with Crippen molar-refractivity contribution in [2.75, 3.05) is 4.72 Å². The van der Waals surface area contributed by atoms with E-state index >= 15 is 0 Å². The molecular formula is C20H17ClF4N4O2S. The van der Waals surface area contributed by atoms with Gasteiger partial charge in [-0.1, -0.05) is 18.0 Å². The SMILES string of the molecule is O=S(=O)(Nc1ccc(F)c(-c2nnc3n2CCCCC3)c1)c1cc(C(F)(F)F)ccc1Cl. The third-order valence-electron chi connectivity index (χ3n) is 5.12. The van der Waals surface area contributed by atoms with Crippen LogP contribution in [0.3, 0.4) is 0 Å². The second kappa shape index (κ2) is 8.36. The molecule has 6 nitrogen and oxygen atoms in total. The standard InChI is InChI=1S/C20H17ClF4N4O2S/c21-15-7-5-12(20(23,24)25)10-17(15)32(30,31)28-13-6-8-16(22)14(11-13)19-27-26-18-4-2-1-3-9-29(18)19/h5-8,10-11,28H,1-4,9H2. The highest BCUT2D eigenvalue weighted by Crippen LogP contribution is 2.34. The number of halogens is 5. The molecule has 12 heteroatoms. The van der Waals surface area contributed by atoms with Gasteiger partial charge in [0.1, 0.15) is 16.5 Å². The first-order chi connectivity index (χ1) is 15.1. The molecule has 2 aromatic carbocycles. The van der Waals surface area contributed by atoms with Crippen molar-refractivity contribution in [2.24, 2.45) is 0 Å². The molecule has 0 bridgehead atoms. The fourth-order valence-electron chi connectivity index (χ4n) is 3.54. The van der Waals surface area contributed by atoms with Gasteiger partial charge in [0.05, 0.1) is 16.1 Å². The van der Waals surface area contributed by atoms with Gasteiger partial charge in [-0.25, -0.2) is 12.8 Å². The van der Waals surface area contributed by atoms with Crippen molar-refractivity contribution < 1.29 is 26.0 Å². The third kappa shape index (κ3) is 4.44. The van der Waals surface area contributed by atoms with Crippen LogP contribution in [0, 0.1) is 5.82 Å². The molecule has 0 spiro atoms. The number of fused-ring (bicyclic) bond motifs is 1. The van der Waals surface area contributed by atoms with Crippen molar-refractivity contribution in [1.29, 1.82) is 0 Å². The zero-order valence-electron chi connectivity index (χ0n) is 16.5. The summed E-state index contributed by atoms with van der Waals surface area (Å²) < 4.78 is 83.2. The largest absolute Gasteiger partial charge is 0.416 e. The number of sulfonamides is 1. The van der Waals surface area contributed by atoms with Gasteiger partial charge < -0.3 is 4.57 Å². The first-order valence-corrected chi connectivity index (χ1v) is 11.5. The molecule has 0 saturated carbocycles. The third-order valence-corrected chi connectivity index (χ3v) is 6.98. The molecule has 0 atom stereocenters. The molecular weight excluding hydrogens is 472 g/mol. The lowest BCUT2D eigenvalue weighted by atomic mass is 10.1. The number of aryl methyl sites for hydroxylation is 1. The fourth-order valence-corrected chi connectivity index (χ4v) is 5.12. The molecule has 1 aliphatic heterocycles. The Labute approximate surface area is 186 Å². The average molecular weight is 489 g/mol. The number of rotatable bonds is 4. The van der Waals surface area contributed by atoms with Crippen LogP contribution in [0.5, 0.6) is 0 Å². The van der Waals surface area contributed by atoms with Crippen molar-refractivity contribution in [1.82, 2.24) is 14.8 Å². The quantitative estimate of drug-likeness (QED) is 0.507. The second-order valence-electron chi connectivity index (χ2n) is 7.35. The van der Waals surface area contributed by atoms with E-state index in [0.717, 1.165) is 43.3 Å². The van der Waals surface area contributed by atoms with Gasteiger partial charge in [0.25, 0.3) is 10.0 Å². The first-order valence-electron chi connectivity index (χ1n) is 9.68. The van der Waals surface area contributed by atoms with Crippen LogP contribution in [-0.2, 0) is 29.2 Å². The lowest BCUT2D eigenvalue weighted by Gasteiger charge is -2.14. The highest BCUT2D eigenvalue weighted by molar-refractivity contribution is 7.92. The minimum atomic E-state index is -4.75. The fraction of sp³-hybridized carbons (Fsp3) is 0.300. The number of anilines is 1. The summed E-state index contributed by atoms with van der Waals surface area (Å²) in [6, 6.07) is 5.45. The molecule has 3 aromatic rings. The lowest BCUT2D eigenvalue weighted by Crippen LogP contribution is -2.15. The van der Waals surface area contributed by atoms with E-state index in [2.05, 4.69) is 14.9 Å². The number of aromatic nitrogens is 3. The molecule has 0 amide bonds. The van der Waals surface area contributed by atoms with E-state index in [1.54, 1.807) is 4.57 Å². The number of hydrogen-bond acceptors (Lipinski definition) is 4. The zero-order valence-corrected chi connectivity index (χ0v) is 18.0. The molecule has 0 aliphatic carbocycles. The Morgan fingerprint density at radius 1 is 1.03 bits per heavy atom. The van der Waals surface area contributed by atoms with E-state index in [9.17, 15) is 26.0 Å². The minimum absolute atomic E-state index is 0.0287. The maximum Gasteiger partial charge on any atom is 0.416 e. The molecule has 1 aromatic heterocycles. The van der Waals surface area contributed by atoms with Gasteiger partial charge in [-0.2, -0.15) is 13.2 Å². The van der Waals surface area contributed by atoms with Crippen LogP contribution in [-0.4, -0.2) is 23.2 Å². The van der Waals surface area contributed by atoms with Crippen LogP contribution >= 0.6 is 11.6 Å². The predicted molar refractivity (Wildman–Crippen MR) is 110 cm³/mol. The van der Waals surface area contributed by atoms with Crippen LogP contribution < -0.4 is 4.72 Å². The van der Waals surface area contributed by atoms with Crippen LogP contribution in [0.4, 0.5) is 23.2 Å². The Hall–Kier alpha value is -2.66. The predicted octanol–water partition coefficient (Wildman–Crippen LogP) is 5.28. The van der Waals surface area contributed by atoms with Crippen molar-refractivity contribution in [2.45, 2.75) is 43.3 Å². The Balaban J connectivity index is 1.71. The topological polar surface area (TPSA) is 76.9 Å². The Morgan fingerprint density at radius 2 is 1.81 bits per heavy atom. The molecule has 32 heavy (non-hydrogen) atoms. The molecule has 0 fully saturated rings. The zero-order chi connectivity index (χ0) is 23.1. The molecule has 0 radical (unpaired) electrons. The first kappa shape index (κ1) is 22.5. The molecule has 0 unspecified atom stereocenters. The van der Waals surface area contributed by atoms with Crippen molar-refractivity contribution >= 4 is 27.3 Å². The Bertz CT molecular complexity index is 1280. The average Bonchev–Trinajstić information content (AvgIpc) is 2.96. The number of nitrogens with zero attached hydrogens (tertiary/aromatic N) is 3. The van der Waals surface area contributed by atoms with Crippen molar-refractivity contribution in [3.63, 3.8) is 0 Å². The number of nitrogens with one attached hydrogen (secondary N) is 1. The molecule has 0 saturated heterocycles. The van der Waals surface area contributed by atoms with Gasteiger partial charge in [-0.15, -0.1) is 10.2 Å². The monoisotopic (exact) mass is 488 g/mol. The lowest BCUT2D eigenvalue weighted by molar-refractivity contribution is -0.137. The molecule has 170 valence electrons. The Morgan fingerprint density at radius 3 is 2.56 bits per heavy atom. The second-order valence-corrected chi connectivity index (χ2v) is 9.40. The van der Waals surface area contributed by atoms with Crippen LogP contribution in [0.1, 0.15) is 30.7 Å². The highest BCUT2D eigenvalue weighted by atomic mass is 35.5. The number of hydrogen-bond donors (Lipinski definition) is 1.